The fourth-order valence-corrected chi connectivity index (χ4v) is 3.94. The molecule has 0 amide bonds. The van der Waals surface area contributed by atoms with Crippen molar-refractivity contribution in [2.75, 3.05) is 0 Å². The van der Waals surface area contributed by atoms with E-state index in [4.69, 9.17) is 4.74 Å². The van der Waals surface area contributed by atoms with Gasteiger partial charge in [0.1, 0.15) is 6.10 Å². The molecular weight excluding hydrogens is 342 g/mol. The molecule has 0 aromatic rings. The lowest BCUT2D eigenvalue weighted by atomic mass is 9.76. The molecule has 0 heterocycles. The van der Waals surface area contributed by atoms with Crippen molar-refractivity contribution in [2.45, 2.75) is 56.7 Å². The quantitative estimate of drug-likeness (QED) is 0.474. The Bertz CT molecular complexity index is 510. The summed E-state index contributed by atoms with van der Waals surface area (Å²) < 4.78 is 83.4. The van der Waals surface area contributed by atoms with Crippen LogP contribution in [0.1, 0.15) is 32.6 Å². The van der Waals surface area contributed by atoms with Gasteiger partial charge >= 0.3 is 18.3 Å². The molecule has 0 aliphatic heterocycles. The van der Waals surface area contributed by atoms with E-state index in [1.54, 1.807) is 0 Å². The molecule has 2 bridgehead atoms. The Hall–Kier alpha value is -1.25. The number of carbonyl (C=O) groups excluding carboxylic acids is 1. The molecular formula is C15H18F6O3. The summed E-state index contributed by atoms with van der Waals surface area (Å²) in [6.45, 7) is 4.78. The molecule has 0 saturated heterocycles. The first kappa shape index (κ1) is 19.1. The summed E-state index contributed by atoms with van der Waals surface area (Å²) in [5.41, 5.74) is -4.64. The second kappa shape index (κ2) is 5.93. The fourth-order valence-electron chi connectivity index (χ4n) is 3.94. The minimum absolute atomic E-state index is 0.103. The maximum Gasteiger partial charge on any atom is 0.426 e. The molecule has 2 rings (SSSR count). The molecule has 2 aliphatic carbocycles. The molecule has 2 saturated carbocycles. The minimum Gasteiger partial charge on any atom is -0.459 e. The number of rotatable bonds is 3. The maximum absolute atomic E-state index is 13.1. The minimum atomic E-state index is -5.82. The lowest BCUT2D eigenvalue weighted by molar-refractivity contribution is -0.388. The van der Waals surface area contributed by atoms with Gasteiger partial charge in [0.15, 0.2) is 0 Å². The van der Waals surface area contributed by atoms with Crippen LogP contribution in [0.3, 0.4) is 0 Å². The van der Waals surface area contributed by atoms with Gasteiger partial charge in [-0.3, -0.25) is 0 Å². The highest BCUT2D eigenvalue weighted by atomic mass is 19.4. The molecule has 0 aromatic heterocycles. The number of hydrogen-bond acceptors (Lipinski definition) is 3. The third-order valence-electron chi connectivity index (χ3n) is 4.98. The summed E-state index contributed by atoms with van der Waals surface area (Å²) in [4.78, 5) is 11.5. The summed E-state index contributed by atoms with van der Waals surface area (Å²) >= 11 is 0. The van der Waals surface area contributed by atoms with Crippen molar-refractivity contribution in [1.82, 2.24) is 0 Å². The van der Waals surface area contributed by atoms with Gasteiger partial charge in [-0.25, -0.2) is 4.79 Å². The maximum atomic E-state index is 13.1. The molecule has 2 aliphatic rings. The summed E-state index contributed by atoms with van der Waals surface area (Å²) in [5.74, 6) is -4.18. The Labute approximate surface area is 134 Å². The van der Waals surface area contributed by atoms with Crippen LogP contribution in [-0.4, -0.2) is 35.1 Å². The Morgan fingerprint density at radius 3 is 2.04 bits per heavy atom. The second-order valence-electron chi connectivity index (χ2n) is 6.74. The van der Waals surface area contributed by atoms with Crippen LogP contribution in [0.4, 0.5) is 26.3 Å². The predicted molar refractivity (Wildman–Crippen MR) is 70.7 cm³/mol. The monoisotopic (exact) mass is 360 g/mol. The Morgan fingerprint density at radius 1 is 1.04 bits per heavy atom. The number of ether oxygens (including phenoxy) is 1. The molecule has 0 spiro atoms. The Balaban J connectivity index is 2.23. The first-order valence-electron chi connectivity index (χ1n) is 7.49. The summed E-state index contributed by atoms with van der Waals surface area (Å²) in [6, 6.07) is 0. The molecule has 4 atom stereocenters. The van der Waals surface area contributed by atoms with Crippen LogP contribution in [0, 0.1) is 17.8 Å². The van der Waals surface area contributed by atoms with Gasteiger partial charge in [-0.15, -0.1) is 0 Å². The SMILES string of the molecule is C=C(C)C(=O)OC1CC2CC(C1)C(C(O)(C(F)(F)F)C(F)(F)F)C2. The van der Waals surface area contributed by atoms with Gasteiger partial charge < -0.3 is 9.84 Å². The molecule has 0 radical (unpaired) electrons. The van der Waals surface area contributed by atoms with Crippen LogP contribution >= 0.6 is 0 Å². The van der Waals surface area contributed by atoms with Crippen LogP contribution < -0.4 is 0 Å². The van der Waals surface area contributed by atoms with Crippen LogP contribution in [0.25, 0.3) is 0 Å². The van der Waals surface area contributed by atoms with Crippen molar-refractivity contribution in [3.8, 4) is 0 Å². The molecule has 138 valence electrons. The molecule has 9 heteroatoms. The zero-order valence-corrected chi connectivity index (χ0v) is 12.9. The highest BCUT2D eigenvalue weighted by Crippen LogP contribution is 2.58. The average Bonchev–Trinajstić information content (AvgIpc) is 2.70. The van der Waals surface area contributed by atoms with E-state index >= 15 is 0 Å². The predicted octanol–water partition coefficient (Wildman–Crippen LogP) is 3.77. The van der Waals surface area contributed by atoms with Gasteiger partial charge in [0.2, 0.25) is 0 Å². The van der Waals surface area contributed by atoms with E-state index in [-0.39, 0.29) is 24.8 Å². The lowest BCUT2D eigenvalue weighted by Gasteiger charge is -2.40. The fraction of sp³-hybridized carbons (Fsp3) is 0.800. The standard InChI is InChI=1S/C15H18F6O3/c1-7(2)12(22)24-10-4-8-3-9(6-10)11(5-8)13(23,14(16,17)18)15(19,20)21/h8-11,23H,1,3-6H2,2H3. The molecule has 3 nitrogen and oxygen atoms in total. The number of carbonyl (C=O) groups is 1. The average molecular weight is 360 g/mol. The molecule has 2 fully saturated rings. The number of alkyl halides is 6. The number of esters is 1. The van der Waals surface area contributed by atoms with Crippen molar-refractivity contribution in [2.24, 2.45) is 17.8 Å². The number of halogens is 6. The van der Waals surface area contributed by atoms with E-state index in [0.29, 0.717) is 0 Å². The zero-order chi connectivity index (χ0) is 18.5. The van der Waals surface area contributed by atoms with Crippen LogP contribution in [-0.2, 0) is 9.53 Å². The van der Waals surface area contributed by atoms with Gasteiger partial charge in [0.25, 0.3) is 5.60 Å². The number of aliphatic hydroxyl groups is 1. The smallest absolute Gasteiger partial charge is 0.426 e. The van der Waals surface area contributed by atoms with E-state index in [1.165, 1.54) is 6.92 Å². The van der Waals surface area contributed by atoms with Crippen LogP contribution in [0.15, 0.2) is 12.2 Å². The summed E-state index contributed by atoms with van der Waals surface area (Å²) in [6.07, 6.45) is -12.6. The van der Waals surface area contributed by atoms with Crippen molar-refractivity contribution >= 4 is 5.97 Å². The van der Waals surface area contributed by atoms with Gasteiger partial charge in [0.05, 0.1) is 0 Å². The van der Waals surface area contributed by atoms with E-state index in [2.05, 4.69) is 6.58 Å². The van der Waals surface area contributed by atoms with Gasteiger partial charge in [0, 0.05) is 11.5 Å². The van der Waals surface area contributed by atoms with Gasteiger partial charge in [-0.1, -0.05) is 6.58 Å². The van der Waals surface area contributed by atoms with Gasteiger partial charge in [-0.05, 0) is 44.4 Å². The van der Waals surface area contributed by atoms with Crippen LogP contribution in [0.5, 0.6) is 0 Å². The normalized spacial score (nSPS) is 31.0. The van der Waals surface area contributed by atoms with E-state index in [9.17, 15) is 36.2 Å². The second-order valence-corrected chi connectivity index (χ2v) is 6.74. The Morgan fingerprint density at radius 2 is 1.58 bits per heavy atom. The third kappa shape index (κ3) is 3.14. The van der Waals surface area contributed by atoms with Crippen molar-refractivity contribution in [1.29, 1.82) is 0 Å². The summed E-state index contributed by atoms with van der Waals surface area (Å²) in [7, 11) is 0. The van der Waals surface area contributed by atoms with E-state index in [0.717, 1.165) is 0 Å². The Kier molecular flexibility index (Phi) is 4.71. The van der Waals surface area contributed by atoms with E-state index in [1.807, 2.05) is 0 Å². The zero-order valence-electron chi connectivity index (χ0n) is 12.9. The summed E-state index contributed by atoms with van der Waals surface area (Å²) in [5, 5.41) is 9.62. The topological polar surface area (TPSA) is 46.5 Å². The first-order chi connectivity index (χ1) is 10.8. The van der Waals surface area contributed by atoms with Crippen molar-refractivity contribution < 1.29 is 41.0 Å². The van der Waals surface area contributed by atoms with Crippen molar-refractivity contribution in [3.05, 3.63) is 12.2 Å². The molecule has 1 N–H and O–H groups in total. The van der Waals surface area contributed by atoms with Crippen molar-refractivity contribution in [3.63, 3.8) is 0 Å². The number of fused-ring (bicyclic) bond motifs is 2. The first-order valence-corrected chi connectivity index (χ1v) is 7.49. The molecule has 4 unspecified atom stereocenters. The largest absolute Gasteiger partial charge is 0.459 e. The molecule has 24 heavy (non-hydrogen) atoms. The van der Waals surface area contributed by atoms with Crippen LogP contribution in [0.2, 0.25) is 0 Å². The lowest BCUT2D eigenvalue weighted by Crippen LogP contribution is -2.62. The highest BCUT2D eigenvalue weighted by Gasteiger charge is 2.75. The third-order valence-corrected chi connectivity index (χ3v) is 4.98. The highest BCUT2D eigenvalue weighted by molar-refractivity contribution is 5.87. The number of hydrogen-bond donors (Lipinski definition) is 1. The van der Waals surface area contributed by atoms with E-state index < -0.39 is 54.2 Å². The molecule has 0 aromatic carbocycles. The van der Waals surface area contributed by atoms with Gasteiger partial charge in [-0.2, -0.15) is 26.3 Å².